The van der Waals surface area contributed by atoms with E-state index in [0.717, 1.165) is 31.7 Å². The number of aromatic nitrogens is 1. The number of nitrogens with zero attached hydrogens (tertiary/aromatic N) is 2. The van der Waals surface area contributed by atoms with Gasteiger partial charge >= 0.3 is 7.82 Å². The van der Waals surface area contributed by atoms with Crippen LogP contribution in [0.1, 0.15) is 145 Å². The number of hydrogen-bond donors (Lipinski definition) is 6. The van der Waals surface area contributed by atoms with Crippen LogP contribution in [-0.4, -0.2) is 82.6 Å². The normalized spacial score (nSPS) is 21.4. The van der Waals surface area contributed by atoms with Crippen molar-refractivity contribution >= 4 is 20.0 Å². The van der Waals surface area contributed by atoms with Crippen LogP contribution in [0.4, 0.5) is 4.39 Å². The summed E-state index contributed by atoms with van der Waals surface area (Å²) in [4.78, 5) is 17.2. The van der Waals surface area contributed by atoms with E-state index < -0.39 is 56.9 Å². The first-order chi connectivity index (χ1) is 27.4. The fourth-order valence-electron chi connectivity index (χ4n) is 6.74. The highest BCUT2D eigenvalue weighted by Gasteiger charge is 2.53. The number of aliphatic hydroxyl groups is 2. The van der Waals surface area contributed by atoms with Crippen molar-refractivity contribution in [2.75, 3.05) is 26.4 Å². The average Bonchev–Trinajstić information content (AvgIpc) is 3.77. The molecule has 0 bridgehead atoms. The van der Waals surface area contributed by atoms with Crippen molar-refractivity contribution in [2.45, 2.75) is 153 Å². The van der Waals surface area contributed by atoms with Crippen molar-refractivity contribution < 1.29 is 47.3 Å². The van der Waals surface area contributed by atoms with Crippen molar-refractivity contribution in [1.82, 2.24) is 4.98 Å². The Kier molecular flexibility index (Phi) is 22.2. The zero-order chi connectivity index (χ0) is 41.5. The van der Waals surface area contributed by atoms with Crippen LogP contribution in [0.3, 0.4) is 0 Å². The van der Waals surface area contributed by atoms with Gasteiger partial charge in [0.2, 0.25) is 0 Å². The molecule has 3 rings (SSSR count). The van der Waals surface area contributed by atoms with Crippen molar-refractivity contribution in [3.05, 3.63) is 58.7 Å². The van der Waals surface area contributed by atoms with E-state index in [1.165, 1.54) is 103 Å². The molecule has 2 aromatic rings. The molecule has 320 valence electrons. The maximum Gasteiger partial charge on any atom is 0.472 e. The lowest BCUT2D eigenvalue weighted by Gasteiger charge is -2.28. The number of aliphatic imine (C=N–C) groups is 1. The molecule has 57 heavy (non-hydrogen) atoms. The lowest BCUT2D eigenvalue weighted by atomic mass is 9.97. The van der Waals surface area contributed by atoms with Gasteiger partial charge in [0.1, 0.15) is 48.0 Å². The standard InChI is InChI=1S/C41H65FN5O9P/c1-3-4-5-6-7-8-9-10-11-12-13-14-15-16-17-18-21-52-27-34(53-26-32-22-31(25-43)23-33(42)24-32)28-54-57(50,51)55-29-41(2)39(49)37(48)38(56-41)35-19-20-36(47-35)40(45)46-30-44/h19-20,22-24,30,34,37-39,47-49H,3-18,21,26-29H2,1-2H3,(H,50,51)(H3,44,45,46)/t34-,37-,38-,39-,41+/m0/s1. The summed E-state index contributed by atoms with van der Waals surface area (Å²) < 4.78 is 55.2. The van der Waals surface area contributed by atoms with Crippen LogP contribution >= 0.6 is 7.82 Å². The van der Waals surface area contributed by atoms with E-state index in [2.05, 4.69) is 16.9 Å². The van der Waals surface area contributed by atoms with Crippen molar-refractivity contribution in [3.63, 3.8) is 0 Å². The molecule has 7 N–H and O–H groups in total. The number of aliphatic hydroxyl groups excluding tert-OH is 2. The van der Waals surface area contributed by atoms with Gasteiger partial charge in [0.15, 0.2) is 0 Å². The third kappa shape index (κ3) is 17.8. The lowest BCUT2D eigenvalue weighted by Crippen LogP contribution is -2.44. The van der Waals surface area contributed by atoms with Gasteiger partial charge in [-0.1, -0.05) is 103 Å². The highest BCUT2D eigenvalue weighted by Crippen LogP contribution is 2.47. The lowest BCUT2D eigenvalue weighted by molar-refractivity contribution is -0.101. The molecular formula is C41H65FN5O9P. The topological polar surface area (TPSA) is 226 Å². The van der Waals surface area contributed by atoms with E-state index in [1.807, 2.05) is 6.07 Å². The molecule has 1 fully saturated rings. The number of ether oxygens (including phenoxy) is 3. The number of unbranched alkanes of at least 4 members (excludes halogenated alkanes) is 15. The molecule has 2 heterocycles. The summed E-state index contributed by atoms with van der Waals surface area (Å²) in [7, 11) is -4.76. The van der Waals surface area contributed by atoms with Crippen LogP contribution in [0, 0.1) is 22.6 Å². The third-order valence-electron chi connectivity index (χ3n) is 10.1. The van der Waals surface area contributed by atoms with Crippen LogP contribution in [0.15, 0.2) is 35.3 Å². The van der Waals surface area contributed by atoms with Crippen molar-refractivity contribution in [1.29, 1.82) is 10.7 Å². The SMILES string of the molecule is CCCCCCCCCCCCCCCCCCOC[C@@H](COP(=O)(O)OC[C@@]1(C)O[C@@H](c2ccc(C(N)=NC=N)[nH]2)[C@H](O)[C@@H]1O)OCc1cc(F)cc(C#N)c1. The number of aromatic amines is 1. The molecule has 1 saturated heterocycles. The second-order valence-corrected chi connectivity index (χ2v) is 16.5. The number of rotatable bonds is 31. The minimum atomic E-state index is -4.76. The minimum Gasteiger partial charge on any atom is -0.387 e. The number of H-pyrrole nitrogens is 1. The number of phosphoric acid groups is 1. The Labute approximate surface area is 337 Å². The number of nitrogens with two attached hydrogens (primary N) is 1. The Morgan fingerprint density at radius 3 is 2.23 bits per heavy atom. The van der Waals surface area contributed by atoms with Gasteiger partial charge in [-0.15, -0.1) is 0 Å². The first kappa shape index (κ1) is 48.3. The Bertz CT molecular complexity index is 1590. The molecule has 0 amide bonds. The minimum absolute atomic E-state index is 0.0136. The van der Waals surface area contributed by atoms with Gasteiger partial charge in [-0.25, -0.2) is 13.9 Å². The number of benzene rings is 1. The Morgan fingerprint density at radius 1 is 1.02 bits per heavy atom. The molecule has 1 aliphatic heterocycles. The molecule has 1 aromatic carbocycles. The Hall–Kier alpha value is -3.03. The van der Waals surface area contributed by atoms with Crippen LogP contribution in [0.25, 0.3) is 0 Å². The van der Waals surface area contributed by atoms with Crippen molar-refractivity contribution in [3.8, 4) is 6.07 Å². The predicted octanol–water partition coefficient (Wildman–Crippen LogP) is 7.89. The predicted molar refractivity (Wildman–Crippen MR) is 216 cm³/mol. The zero-order valence-electron chi connectivity index (χ0n) is 33.7. The summed E-state index contributed by atoms with van der Waals surface area (Å²) in [5, 5.41) is 37.9. The van der Waals surface area contributed by atoms with Crippen LogP contribution in [-0.2, 0) is 34.4 Å². The second-order valence-electron chi connectivity index (χ2n) is 15.1. The molecule has 1 aromatic heterocycles. The summed E-state index contributed by atoms with van der Waals surface area (Å²) in [6.07, 6.45) is 16.1. The highest BCUT2D eigenvalue weighted by molar-refractivity contribution is 7.47. The summed E-state index contributed by atoms with van der Waals surface area (Å²) in [5.74, 6) is -0.562. The number of halogens is 1. The average molecular weight is 822 g/mol. The van der Waals surface area contributed by atoms with E-state index in [9.17, 15) is 29.3 Å². The fraction of sp³-hybridized carbons (Fsp3) is 0.683. The maximum absolute atomic E-state index is 14.1. The summed E-state index contributed by atoms with van der Waals surface area (Å²) in [5.41, 5.74) is 5.44. The fourth-order valence-corrected chi connectivity index (χ4v) is 7.59. The van der Waals surface area contributed by atoms with E-state index in [0.29, 0.717) is 23.6 Å². The molecule has 0 aliphatic carbocycles. The maximum atomic E-state index is 14.1. The number of nitrogens with one attached hydrogen (secondary N) is 2. The first-order valence-electron chi connectivity index (χ1n) is 20.5. The first-order valence-corrected chi connectivity index (χ1v) is 22.0. The van der Waals surface area contributed by atoms with Gasteiger partial charge in [0.25, 0.3) is 0 Å². The summed E-state index contributed by atoms with van der Waals surface area (Å²) in [6, 6.07) is 8.88. The molecule has 0 radical (unpaired) electrons. The quantitative estimate of drug-likeness (QED) is 0.0186. The van der Waals surface area contributed by atoms with Gasteiger partial charge in [-0.05, 0) is 49.2 Å². The molecule has 14 nitrogen and oxygen atoms in total. The molecule has 0 saturated carbocycles. The van der Waals surface area contributed by atoms with E-state index >= 15 is 0 Å². The smallest absolute Gasteiger partial charge is 0.387 e. The third-order valence-corrected chi connectivity index (χ3v) is 11.0. The van der Waals surface area contributed by atoms with Crippen LogP contribution in [0.5, 0.6) is 0 Å². The number of amidine groups is 1. The zero-order valence-corrected chi connectivity index (χ0v) is 34.6. The monoisotopic (exact) mass is 821 g/mol. The Morgan fingerprint density at radius 2 is 1.63 bits per heavy atom. The van der Waals surface area contributed by atoms with Gasteiger partial charge in [-0.2, -0.15) is 5.26 Å². The molecule has 1 unspecified atom stereocenters. The van der Waals surface area contributed by atoms with Gasteiger partial charge in [0, 0.05) is 12.3 Å². The van der Waals surface area contributed by atoms with Gasteiger partial charge in [-0.3, -0.25) is 14.5 Å². The highest BCUT2D eigenvalue weighted by atomic mass is 31.2. The number of phosphoric ester groups is 1. The van der Waals surface area contributed by atoms with E-state index in [1.54, 1.807) is 12.1 Å². The Balaban J connectivity index is 1.42. The van der Waals surface area contributed by atoms with Crippen molar-refractivity contribution in [2.24, 2.45) is 10.7 Å². The summed E-state index contributed by atoms with van der Waals surface area (Å²) >= 11 is 0. The molecule has 0 spiro atoms. The van der Waals surface area contributed by atoms with E-state index in [4.69, 9.17) is 34.4 Å². The number of hydrogen-bond acceptors (Lipinski definition) is 10. The van der Waals surface area contributed by atoms with E-state index in [-0.39, 0.29) is 24.6 Å². The van der Waals surface area contributed by atoms with Gasteiger partial charge < -0.3 is 40.0 Å². The molecule has 16 heteroatoms. The molecular weight excluding hydrogens is 756 g/mol. The van der Waals surface area contributed by atoms with Crippen LogP contribution < -0.4 is 5.73 Å². The molecule has 6 atom stereocenters. The van der Waals surface area contributed by atoms with Gasteiger partial charge in [0.05, 0.1) is 43.8 Å². The largest absolute Gasteiger partial charge is 0.472 e. The second kappa shape index (κ2) is 26.1. The molecule has 1 aliphatic rings. The summed E-state index contributed by atoms with van der Waals surface area (Å²) in [6.45, 7) is 2.97. The van der Waals surface area contributed by atoms with Crippen LogP contribution in [0.2, 0.25) is 0 Å². The number of nitriles is 1.